The third-order valence-corrected chi connectivity index (χ3v) is 3.55. The predicted molar refractivity (Wildman–Crippen MR) is 73.6 cm³/mol. The standard InChI is InChI=1S/C14H32N2/c1-5-8-14(6-2)9-10-16(7-3)12-13(4)11-15/h13-14H,5-12,15H2,1-4H3. The van der Waals surface area contributed by atoms with Gasteiger partial charge in [-0.1, -0.05) is 47.0 Å². The van der Waals surface area contributed by atoms with Gasteiger partial charge in [0.1, 0.15) is 0 Å². The van der Waals surface area contributed by atoms with Gasteiger partial charge in [0, 0.05) is 6.54 Å². The second kappa shape index (κ2) is 10.1. The minimum atomic E-state index is 0.631. The average molecular weight is 228 g/mol. The number of nitrogens with zero attached hydrogens (tertiary/aromatic N) is 1. The summed E-state index contributed by atoms with van der Waals surface area (Å²) < 4.78 is 0. The first kappa shape index (κ1) is 15.9. The van der Waals surface area contributed by atoms with E-state index in [1.807, 2.05) is 0 Å². The molecule has 16 heavy (non-hydrogen) atoms. The van der Waals surface area contributed by atoms with Crippen molar-refractivity contribution in [3.05, 3.63) is 0 Å². The van der Waals surface area contributed by atoms with Gasteiger partial charge < -0.3 is 10.6 Å². The second-order valence-corrected chi connectivity index (χ2v) is 5.09. The fraction of sp³-hybridized carbons (Fsp3) is 1.00. The summed E-state index contributed by atoms with van der Waals surface area (Å²) in [6.07, 6.45) is 5.40. The topological polar surface area (TPSA) is 29.3 Å². The number of hydrogen-bond acceptors (Lipinski definition) is 2. The highest BCUT2D eigenvalue weighted by molar-refractivity contribution is 4.65. The number of hydrogen-bond donors (Lipinski definition) is 1. The van der Waals surface area contributed by atoms with Gasteiger partial charge in [0.2, 0.25) is 0 Å². The molecule has 0 saturated carbocycles. The lowest BCUT2D eigenvalue weighted by molar-refractivity contribution is 0.228. The molecule has 2 atom stereocenters. The minimum absolute atomic E-state index is 0.631. The second-order valence-electron chi connectivity index (χ2n) is 5.09. The van der Waals surface area contributed by atoms with E-state index in [0.717, 1.165) is 25.6 Å². The largest absolute Gasteiger partial charge is 0.330 e. The fourth-order valence-electron chi connectivity index (χ4n) is 2.22. The van der Waals surface area contributed by atoms with Crippen molar-refractivity contribution in [2.75, 3.05) is 26.2 Å². The Bertz CT molecular complexity index is 148. The van der Waals surface area contributed by atoms with Gasteiger partial charge in [-0.2, -0.15) is 0 Å². The lowest BCUT2D eigenvalue weighted by Crippen LogP contribution is -2.33. The van der Waals surface area contributed by atoms with Crippen LogP contribution in [-0.4, -0.2) is 31.1 Å². The van der Waals surface area contributed by atoms with Gasteiger partial charge in [-0.15, -0.1) is 0 Å². The summed E-state index contributed by atoms with van der Waals surface area (Å²) in [6.45, 7) is 13.5. The van der Waals surface area contributed by atoms with Crippen molar-refractivity contribution < 1.29 is 0 Å². The zero-order chi connectivity index (χ0) is 12.4. The predicted octanol–water partition coefficient (Wildman–Crippen LogP) is 3.12. The van der Waals surface area contributed by atoms with Crippen LogP contribution in [0.2, 0.25) is 0 Å². The van der Waals surface area contributed by atoms with Crippen molar-refractivity contribution in [2.24, 2.45) is 17.6 Å². The maximum atomic E-state index is 5.68. The first-order valence-corrected chi connectivity index (χ1v) is 7.10. The monoisotopic (exact) mass is 228 g/mol. The molecule has 2 nitrogen and oxygen atoms in total. The van der Waals surface area contributed by atoms with E-state index in [9.17, 15) is 0 Å². The molecule has 0 fully saturated rings. The maximum Gasteiger partial charge on any atom is 0.00189 e. The molecule has 0 aromatic heterocycles. The molecule has 0 aliphatic heterocycles. The first-order chi connectivity index (χ1) is 7.67. The van der Waals surface area contributed by atoms with E-state index in [1.54, 1.807) is 0 Å². The molecule has 0 spiro atoms. The Kier molecular flexibility index (Phi) is 10.0. The third-order valence-electron chi connectivity index (χ3n) is 3.55. The summed E-state index contributed by atoms with van der Waals surface area (Å²) in [7, 11) is 0. The highest BCUT2D eigenvalue weighted by atomic mass is 15.1. The molecule has 0 aromatic rings. The Balaban J connectivity index is 3.83. The summed E-state index contributed by atoms with van der Waals surface area (Å²) in [5.74, 6) is 1.55. The Labute approximate surface area is 103 Å². The third kappa shape index (κ3) is 7.24. The zero-order valence-corrected chi connectivity index (χ0v) is 11.8. The molecule has 0 amide bonds. The summed E-state index contributed by atoms with van der Waals surface area (Å²) in [5.41, 5.74) is 5.68. The quantitative estimate of drug-likeness (QED) is 0.622. The van der Waals surface area contributed by atoms with Crippen molar-refractivity contribution >= 4 is 0 Å². The zero-order valence-electron chi connectivity index (χ0n) is 11.8. The van der Waals surface area contributed by atoms with Gasteiger partial charge in [0.15, 0.2) is 0 Å². The van der Waals surface area contributed by atoms with Crippen molar-refractivity contribution in [3.8, 4) is 0 Å². The van der Waals surface area contributed by atoms with E-state index in [4.69, 9.17) is 5.73 Å². The lowest BCUT2D eigenvalue weighted by atomic mass is 9.96. The molecule has 0 radical (unpaired) electrons. The van der Waals surface area contributed by atoms with Crippen LogP contribution >= 0.6 is 0 Å². The van der Waals surface area contributed by atoms with E-state index < -0.39 is 0 Å². The van der Waals surface area contributed by atoms with Gasteiger partial charge in [0.05, 0.1) is 0 Å². The average Bonchev–Trinajstić information content (AvgIpc) is 2.32. The van der Waals surface area contributed by atoms with E-state index in [1.165, 1.54) is 32.2 Å². The van der Waals surface area contributed by atoms with Crippen LogP contribution in [0, 0.1) is 11.8 Å². The van der Waals surface area contributed by atoms with Gasteiger partial charge >= 0.3 is 0 Å². The Morgan fingerprint density at radius 3 is 2.25 bits per heavy atom. The summed E-state index contributed by atoms with van der Waals surface area (Å²) in [5, 5.41) is 0. The highest BCUT2D eigenvalue weighted by Crippen LogP contribution is 2.16. The molecule has 0 heterocycles. The van der Waals surface area contributed by atoms with Crippen molar-refractivity contribution in [1.29, 1.82) is 0 Å². The van der Waals surface area contributed by atoms with Gasteiger partial charge in [-0.3, -0.25) is 0 Å². The van der Waals surface area contributed by atoms with Crippen LogP contribution in [0.1, 0.15) is 53.4 Å². The van der Waals surface area contributed by atoms with E-state index >= 15 is 0 Å². The summed E-state index contributed by atoms with van der Waals surface area (Å²) in [4.78, 5) is 2.55. The lowest BCUT2D eigenvalue weighted by Gasteiger charge is -2.25. The van der Waals surface area contributed by atoms with Crippen molar-refractivity contribution in [3.63, 3.8) is 0 Å². The molecule has 2 unspecified atom stereocenters. The van der Waals surface area contributed by atoms with Gasteiger partial charge in [-0.05, 0) is 37.9 Å². The number of rotatable bonds is 10. The van der Waals surface area contributed by atoms with Crippen molar-refractivity contribution in [1.82, 2.24) is 4.90 Å². The van der Waals surface area contributed by atoms with Crippen LogP contribution in [0.3, 0.4) is 0 Å². The molecule has 0 aromatic carbocycles. The van der Waals surface area contributed by atoms with Crippen LogP contribution < -0.4 is 5.73 Å². The van der Waals surface area contributed by atoms with E-state index in [-0.39, 0.29) is 0 Å². The summed E-state index contributed by atoms with van der Waals surface area (Å²) >= 11 is 0. The Hall–Kier alpha value is -0.0800. The molecule has 2 N–H and O–H groups in total. The molecule has 0 bridgehead atoms. The maximum absolute atomic E-state index is 5.68. The Morgan fingerprint density at radius 1 is 1.12 bits per heavy atom. The SMILES string of the molecule is CCCC(CC)CCN(CC)CC(C)CN. The molecular formula is C14H32N2. The molecule has 98 valence electrons. The van der Waals surface area contributed by atoms with Gasteiger partial charge in [-0.25, -0.2) is 0 Å². The minimum Gasteiger partial charge on any atom is -0.330 e. The van der Waals surface area contributed by atoms with Crippen LogP contribution in [-0.2, 0) is 0 Å². The highest BCUT2D eigenvalue weighted by Gasteiger charge is 2.10. The van der Waals surface area contributed by atoms with Crippen LogP contribution in [0.5, 0.6) is 0 Å². The summed E-state index contributed by atoms with van der Waals surface area (Å²) in [6, 6.07) is 0. The van der Waals surface area contributed by atoms with E-state index in [2.05, 4.69) is 32.6 Å². The molecule has 0 rings (SSSR count). The van der Waals surface area contributed by atoms with Crippen LogP contribution in [0.4, 0.5) is 0 Å². The van der Waals surface area contributed by atoms with Gasteiger partial charge in [0.25, 0.3) is 0 Å². The molecule has 0 aliphatic rings. The smallest absolute Gasteiger partial charge is 0.00189 e. The van der Waals surface area contributed by atoms with E-state index in [0.29, 0.717) is 5.92 Å². The normalized spacial score (nSPS) is 15.4. The Morgan fingerprint density at radius 2 is 1.81 bits per heavy atom. The molecular weight excluding hydrogens is 196 g/mol. The molecule has 2 heteroatoms. The first-order valence-electron chi connectivity index (χ1n) is 7.10. The van der Waals surface area contributed by atoms with Crippen LogP contribution in [0.15, 0.2) is 0 Å². The number of nitrogens with two attached hydrogens (primary N) is 1. The fourth-order valence-corrected chi connectivity index (χ4v) is 2.22. The van der Waals surface area contributed by atoms with Crippen LogP contribution in [0.25, 0.3) is 0 Å². The molecule has 0 saturated heterocycles. The molecule has 0 aliphatic carbocycles. The van der Waals surface area contributed by atoms with Crippen molar-refractivity contribution in [2.45, 2.75) is 53.4 Å².